The fraction of sp³-hybridized carbons (Fsp3) is 0.429. The van der Waals surface area contributed by atoms with Crippen LogP contribution in [0.25, 0.3) is 0 Å². The van der Waals surface area contributed by atoms with Gasteiger partial charge in [0.05, 0.1) is 11.6 Å². The van der Waals surface area contributed by atoms with Gasteiger partial charge in [-0.1, -0.05) is 31.9 Å². The molecule has 17 heavy (non-hydrogen) atoms. The minimum absolute atomic E-state index is 0.0998. The summed E-state index contributed by atoms with van der Waals surface area (Å²) in [6.45, 7) is 2.66. The van der Waals surface area contributed by atoms with E-state index in [4.69, 9.17) is 5.26 Å². The Kier molecular flexibility index (Phi) is 5.81. The smallest absolute Gasteiger partial charge is 0.220 e. The fourth-order valence-corrected chi connectivity index (χ4v) is 1.52. The number of nitrogens with zero attached hydrogens (tertiary/aromatic N) is 1. The van der Waals surface area contributed by atoms with E-state index in [2.05, 4.69) is 18.3 Å². The first-order chi connectivity index (χ1) is 8.26. The van der Waals surface area contributed by atoms with E-state index < -0.39 is 0 Å². The van der Waals surface area contributed by atoms with Crippen LogP contribution in [0.2, 0.25) is 0 Å². The average molecular weight is 230 g/mol. The van der Waals surface area contributed by atoms with Crippen LogP contribution in [0.4, 0.5) is 0 Å². The van der Waals surface area contributed by atoms with E-state index >= 15 is 0 Å². The molecule has 0 aromatic heterocycles. The SMILES string of the molecule is CCCCCC(=O)NCc1ccc(C#N)cc1. The zero-order chi connectivity index (χ0) is 12.5. The minimum Gasteiger partial charge on any atom is -0.352 e. The van der Waals surface area contributed by atoms with Gasteiger partial charge in [0.1, 0.15) is 0 Å². The Balaban J connectivity index is 2.30. The van der Waals surface area contributed by atoms with E-state index in [1.807, 2.05) is 12.1 Å². The molecule has 1 amide bonds. The lowest BCUT2D eigenvalue weighted by Gasteiger charge is -2.05. The highest BCUT2D eigenvalue weighted by Gasteiger charge is 2.00. The zero-order valence-electron chi connectivity index (χ0n) is 10.2. The first-order valence-electron chi connectivity index (χ1n) is 6.02. The zero-order valence-corrected chi connectivity index (χ0v) is 10.2. The Labute approximate surface area is 102 Å². The van der Waals surface area contributed by atoms with Crippen molar-refractivity contribution in [3.8, 4) is 6.07 Å². The van der Waals surface area contributed by atoms with Crippen LogP contribution >= 0.6 is 0 Å². The highest BCUT2D eigenvalue weighted by atomic mass is 16.1. The van der Waals surface area contributed by atoms with Crippen molar-refractivity contribution in [1.82, 2.24) is 5.32 Å². The van der Waals surface area contributed by atoms with E-state index in [0.717, 1.165) is 24.8 Å². The molecule has 3 nitrogen and oxygen atoms in total. The summed E-state index contributed by atoms with van der Waals surface area (Å²) in [7, 11) is 0. The Hall–Kier alpha value is -1.82. The van der Waals surface area contributed by atoms with Crippen LogP contribution in [0.5, 0.6) is 0 Å². The van der Waals surface area contributed by atoms with Gasteiger partial charge in [-0.2, -0.15) is 5.26 Å². The summed E-state index contributed by atoms with van der Waals surface area (Å²) in [5, 5.41) is 11.5. The lowest BCUT2D eigenvalue weighted by Crippen LogP contribution is -2.22. The van der Waals surface area contributed by atoms with Crippen molar-refractivity contribution in [3.63, 3.8) is 0 Å². The molecule has 0 saturated carbocycles. The number of nitrogens with one attached hydrogen (secondary N) is 1. The summed E-state index contributed by atoms with van der Waals surface area (Å²) in [5.41, 5.74) is 1.66. The number of carbonyl (C=O) groups excluding carboxylic acids is 1. The number of carbonyl (C=O) groups is 1. The molecule has 1 aromatic rings. The molecular formula is C14H18N2O. The molecule has 0 atom stereocenters. The molecule has 0 spiro atoms. The second kappa shape index (κ2) is 7.45. The molecule has 0 aliphatic carbocycles. The van der Waals surface area contributed by atoms with Crippen molar-refractivity contribution in [2.75, 3.05) is 0 Å². The molecule has 0 aliphatic rings. The Bertz CT molecular complexity index is 390. The second-order valence-electron chi connectivity index (χ2n) is 4.04. The number of nitriles is 1. The van der Waals surface area contributed by atoms with Crippen LogP contribution in [-0.4, -0.2) is 5.91 Å². The molecule has 0 radical (unpaired) electrons. The molecule has 90 valence electrons. The average Bonchev–Trinajstić information content (AvgIpc) is 2.37. The fourth-order valence-electron chi connectivity index (χ4n) is 1.52. The lowest BCUT2D eigenvalue weighted by molar-refractivity contribution is -0.121. The number of unbranched alkanes of at least 4 members (excludes halogenated alkanes) is 2. The normalized spacial score (nSPS) is 9.65. The molecular weight excluding hydrogens is 212 g/mol. The first kappa shape index (κ1) is 13.2. The van der Waals surface area contributed by atoms with Crippen LogP contribution < -0.4 is 5.32 Å². The van der Waals surface area contributed by atoms with Crippen molar-refractivity contribution in [3.05, 3.63) is 35.4 Å². The quantitative estimate of drug-likeness (QED) is 0.764. The molecule has 1 rings (SSSR count). The Morgan fingerprint density at radius 3 is 2.59 bits per heavy atom. The van der Waals surface area contributed by atoms with E-state index in [9.17, 15) is 4.79 Å². The van der Waals surface area contributed by atoms with Crippen molar-refractivity contribution < 1.29 is 4.79 Å². The first-order valence-corrected chi connectivity index (χ1v) is 6.02. The Morgan fingerprint density at radius 2 is 2.00 bits per heavy atom. The van der Waals surface area contributed by atoms with Gasteiger partial charge in [-0.05, 0) is 24.1 Å². The van der Waals surface area contributed by atoms with E-state index in [1.54, 1.807) is 12.1 Å². The third-order valence-corrected chi connectivity index (χ3v) is 2.58. The summed E-state index contributed by atoms with van der Waals surface area (Å²) in [6.07, 6.45) is 3.78. The summed E-state index contributed by atoms with van der Waals surface area (Å²) in [6, 6.07) is 9.32. The van der Waals surface area contributed by atoms with Gasteiger partial charge in [-0.3, -0.25) is 4.79 Å². The van der Waals surface area contributed by atoms with Gasteiger partial charge in [0.15, 0.2) is 0 Å². The largest absolute Gasteiger partial charge is 0.352 e. The maximum absolute atomic E-state index is 11.5. The molecule has 0 saturated heterocycles. The van der Waals surface area contributed by atoms with Crippen LogP contribution in [0.1, 0.15) is 43.7 Å². The third-order valence-electron chi connectivity index (χ3n) is 2.58. The highest BCUT2D eigenvalue weighted by molar-refractivity contribution is 5.75. The third kappa shape index (κ3) is 5.17. The van der Waals surface area contributed by atoms with Crippen LogP contribution in [0.15, 0.2) is 24.3 Å². The summed E-state index contributed by atoms with van der Waals surface area (Å²) < 4.78 is 0. The van der Waals surface area contributed by atoms with Gasteiger partial charge in [0, 0.05) is 13.0 Å². The molecule has 0 heterocycles. The highest BCUT2D eigenvalue weighted by Crippen LogP contribution is 2.03. The van der Waals surface area contributed by atoms with Gasteiger partial charge in [0.2, 0.25) is 5.91 Å². The standard InChI is InChI=1S/C14H18N2O/c1-2-3-4-5-14(17)16-11-13-8-6-12(10-15)7-9-13/h6-9H,2-5,11H2,1H3,(H,16,17). The topological polar surface area (TPSA) is 52.9 Å². The number of amides is 1. The van der Waals surface area contributed by atoms with Gasteiger partial charge in [-0.25, -0.2) is 0 Å². The van der Waals surface area contributed by atoms with Crippen molar-refractivity contribution in [1.29, 1.82) is 5.26 Å². The van der Waals surface area contributed by atoms with Crippen molar-refractivity contribution in [2.24, 2.45) is 0 Å². The second-order valence-corrected chi connectivity index (χ2v) is 4.04. The maximum atomic E-state index is 11.5. The summed E-state index contributed by atoms with van der Waals surface area (Å²) >= 11 is 0. The predicted molar refractivity (Wildman–Crippen MR) is 67.1 cm³/mol. The number of hydrogen-bond acceptors (Lipinski definition) is 2. The van der Waals surface area contributed by atoms with Gasteiger partial charge >= 0.3 is 0 Å². The molecule has 0 aliphatic heterocycles. The monoisotopic (exact) mass is 230 g/mol. The molecule has 0 bridgehead atoms. The molecule has 1 N–H and O–H groups in total. The number of rotatable bonds is 6. The summed E-state index contributed by atoms with van der Waals surface area (Å²) in [4.78, 5) is 11.5. The Morgan fingerprint density at radius 1 is 1.29 bits per heavy atom. The van der Waals surface area contributed by atoms with Crippen molar-refractivity contribution in [2.45, 2.75) is 39.2 Å². The van der Waals surface area contributed by atoms with E-state index in [0.29, 0.717) is 18.5 Å². The molecule has 3 heteroatoms. The van der Waals surface area contributed by atoms with E-state index in [1.165, 1.54) is 0 Å². The number of hydrogen-bond donors (Lipinski definition) is 1. The summed E-state index contributed by atoms with van der Waals surface area (Å²) in [5.74, 6) is 0.0998. The minimum atomic E-state index is 0.0998. The number of benzene rings is 1. The van der Waals surface area contributed by atoms with Crippen LogP contribution in [0, 0.1) is 11.3 Å². The van der Waals surface area contributed by atoms with Gasteiger partial charge in [0.25, 0.3) is 0 Å². The van der Waals surface area contributed by atoms with Crippen LogP contribution in [-0.2, 0) is 11.3 Å². The van der Waals surface area contributed by atoms with Gasteiger partial charge in [-0.15, -0.1) is 0 Å². The lowest BCUT2D eigenvalue weighted by atomic mass is 10.1. The van der Waals surface area contributed by atoms with Gasteiger partial charge < -0.3 is 5.32 Å². The van der Waals surface area contributed by atoms with E-state index in [-0.39, 0.29) is 5.91 Å². The molecule has 0 fully saturated rings. The molecule has 1 aromatic carbocycles. The van der Waals surface area contributed by atoms with Crippen LogP contribution in [0.3, 0.4) is 0 Å². The molecule has 0 unspecified atom stereocenters. The maximum Gasteiger partial charge on any atom is 0.220 e. The van der Waals surface area contributed by atoms with Crippen molar-refractivity contribution >= 4 is 5.91 Å². The predicted octanol–water partition coefficient (Wildman–Crippen LogP) is 2.75.